The lowest BCUT2D eigenvalue weighted by molar-refractivity contribution is 0.306. The maximum absolute atomic E-state index is 6.01. The molecule has 0 bridgehead atoms. The second-order valence-electron chi connectivity index (χ2n) is 5.95. The predicted molar refractivity (Wildman–Crippen MR) is 125 cm³/mol. The fraction of sp³-hybridized carbons (Fsp3) is 0.136. The Hall–Kier alpha value is -2.74. The van der Waals surface area contributed by atoms with Crippen molar-refractivity contribution in [2.75, 3.05) is 12.4 Å². The van der Waals surface area contributed by atoms with Crippen molar-refractivity contribution >= 4 is 35.6 Å². The zero-order chi connectivity index (χ0) is 18.9. The molecular weight excluding hydrogens is 465 g/mol. The van der Waals surface area contributed by atoms with Crippen LogP contribution >= 0.6 is 24.0 Å². The highest BCUT2D eigenvalue weighted by Crippen LogP contribution is 2.22. The third-order valence-electron chi connectivity index (χ3n) is 3.94. The number of aliphatic imine (C=N–C) groups is 1. The number of benzene rings is 3. The molecule has 0 aliphatic carbocycles. The topological polar surface area (TPSA) is 68.9 Å². The summed E-state index contributed by atoms with van der Waals surface area (Å²) < 4.78 is 11.1. The van der Waals surface area contributed by atoms with Gasteiger partial charge in [0.15, 0.2) is 5.96 Å². The summed E-state index contributed by atoms with van der Waals surface area (Å²) in [6, 6.07) is 25.5. The van der Waals surface area contributed by atoms with Gasteiger partial charge in [0.1, 0.15) is 18.1 Å². The van der Waals surface area contributed by atoms with Crippen LogP contribution in [0.3, 0.4) is 0 Å². The Morgan fingerprint density at radius 1 is 0.929 bits per heavy atom. The average Bonchev–Trinajstić information content (AvgIpc) is 2.72. The fourth-order valence-corrected chi connectivity index (χ4v) is 2.60. The molecule has 0 spiro atoms. The van der Waals surface area contributed by atoms with E-state index < -0.39 is 0 Å². The normalized spacial score (nSPS) is 10.7. The van der Waals surface area contributed by atoms with E-state index in [1.54, 1.807) is 7.11 Å². The van der Waals surface area contributed by atoms with Gasteiger partial charge in [-0.2, -0.15) is 0 Å². The van der Waals surface area contributed by atoms with Gasteiger partial charge < -0.3 is 20.5 Å². The highest BCUT2D eigenvalue weighted by atomic mass is 127. The van der Waals surface area contributed by atoms with Crippen molar-refractivity contribution in [3.8, 4) is 11.5 Å². The number of hydrogen-bond acceptors (Lipinski definition) is 3. The summed E-state index contributed by atoms with van der Waals surface area (Å²) in [6.45, 7) is 0.990. The summed E-state index contributed by atoms with van der Waals surface area (Å²) in [5.74, 6) is 1.91. The van der Waals surface area contributed by atoms with Crippen LogP contribution in [0.4, 0.5) is 5.69 Å². The van der Waals surface area contributed by atoms with E-state index in [-0.39, 0.29) is 24.0 Å². The van der Waals surface area contributed by atoms with Crippen molar-refractivity contribution in [3.63, 3.8) is 0 Å². The molecule has 28 heavy (non-hydrogen) atoms. The zero-order valence-electron chi connectivity index (χ0n) is 15.7. The summed E-state index contributed by atoms with van der Waals surface area (Å²) in [4.78, 5) is 4.41. The van der Waals surface area contributed by atoms with E-state index in [9.17, 15) is 0 Å². The molecule has 0 fully saturated rings. The van der Waals surface area contributed by atoms with Gasteiger partial charge in [-0.15, -0.1) is 24.0 Å². The molecule has 3 rings (SSSR count). The van der Waals surface area contributed by atoms with Gasteiger partial charge in [0.2, 0.25) is 0 Å². The van der Waals surface area contributed by atoms with Crippen LogP contribution in [0.5, 0.6) is 11.5 Å². The van der Waals surface area contributed by atoms with E-state index in [0.717, 1.165) is 28.3 Å². The van der Waals surface area contributed by atoms with Crippen LogP contribution in [0.15, 0.2) is 83.9 Å². The predicted octanol–water partition coefficient (Wildman–Crippen LogP) is 4.82. The molecule has 6 heteroatoms. The Balaban J connectivity index is 0.00000280. The number of ether oxygens (including phenoxy) is 2. The number of guanidine groups is 1. The molecule has 5 nitrogen and oxygen atoms in total. The minimum absolute atomic E-state index is 0. The number of nitrogens with one attached hydrogen (secondary N) is 1. The molecule has 0 unspecified atom stereocenters. The molecule has 3 N–H and O–H groups in total. The fourth-order valence-electron chi connectivity index (χ4n) is 2.60. The van der Waals surface area contributed by atoms with Crippen molar-refractivity contribution in [1.82, 2.24) is 0 Å². The molecule has 0 atom stereocenters. The summed E-state index contributed by atoms with van der Waals surface area (Å²) in [6.07, 6.45) is 0. The van der Waals surface area contributed by atoms with Crippen molar-refractivity contribution in [1.29, 1.82) is 0 Å². The highest BCUT2D eigenvalue weighted by Gasteiger charge is 2.03. The molecule has 0 aromatic heterocycles. The van der Waals surface area contributed by atoms with Gasteiger partial charge in [0.25, 0.3) is 0 Å². The van der Waals surface area contributed by atoms with Crippen molar-refractivity contribution in [2.45, 2.75) is 13.2 Å². The first-order valence-corrected chi connectivity index (χ1v) is 8.70. The second-order valence-corrected chi connectivity index (χ2v) is 5.95. The van der Waals surface area contributed by atoms with Gasteiger partial charge >= 0.3 is 0 Å². The number of halogens is 1. The standard InChI is InChI=1S/C22H23N3O2.HI/c1-26-21-13-6-5-12-20(21)25-22(23)24-15-17-8-7-9-18(14-17)16-27-19-10-3-2-4-11-19;/h2-14H,15-16H2,1H3,(H3,23,24,25);1H. The average molecular weight is 489 g/mol. The van der Waals surface area contributed by atoms with E-state index in [0.29, 0.717) is 19.1 Å². The molecule has 0 saturated carbocycles. The van der Waals surface area contributed by atoms with Gasteiger partial charge in [-0.1, -0.05) is 54.6 Å². The Morgan fingerprint density at radius 3 is 2.43 bits per heavy atom. The van der Waals surface area contributed by atoms with E-state index in [4.69, 9.17) is 15.2 Å². The molecule has 0 saturated heterocycles. The summed E-state index contributed by atoms with van der Waals surface area (Å²) in [7, 11) is 1.62. The Labute approximate surface area is 182 Å². The molecule has 0 aliphatic rings. The molecule has 0 amide bonds. The van der Waals surface area contributed by atoms with Gasteiger partial charge in [-0.05, 0) is 35.4 Å². The minimum Gasteiger partial charge on any atom is -0.495 e. The number of hydrogen-bond donors (Lipinski definition) is 2. The smallest absolute Gasteiger partial charge is 0.193 e. The van der Waals surface area contributed by atoms with Crippen LogP contribution in [-0.2, 0) is 13.2 Å². The largest absolute Gasteiger partial charge is 0.495 e. The summed E-state index contributed by atoms with van der Waals surface area (Å²) in [5.41, 5.74) is 8.94. The number of methoxy groups -OCH3 is 1. The van der Waals surface area contributed by atoms with E-state index in [2.05, 4.69) is 16.4 Å². The van der Waals surface area contributed by atoms with Crippen LogP contribution in [0.1, 0.15) is 11.1 Å². The number of rotatable bonds is 7. The summed E-state index contributed by atoms with van der Waals surface area (Å²) in [5, 5.41) is 3.07. The van der Waals surface area contributed by atoms with Gasteiger partial charge in [-0.3, -0.25) is 0 Å². The molecule has 0 heterocycles. The maximum Gasteiger partial charge on any atom is 0.193 e. The Morgan fingerprint density at radius 2 is 1.64 bits per heavy atom. The van der Waals surface area contributed by atoms with Crippen LogP contribution in [0.2, 0.25) is 0 Å². The van der Waals surface area contributed by atoms with Crippen LogP contribution in [0, 0.1) is 0 Å². The lowest BCUT2D eigenvalue weighted by Crippen LogP contribution is -2.22. The lowest BCUT2D eigenvalue weighted by Gasteiger charge is -2.10. The number of anilines is 1. The van der Waals surface area contributed by atoms with Crippen LogP contribution < -0.4 is 20.5 Å². The maximum atomic E-state index is 6.01. The lowest BCUT2D eigenvalue weighted by atomic mass is 10.1. The molecule has 146 valence electrons. The third-order valence-corrected chi connectivity index (χ3v) is 3.94. The van der Waals surface area contributed by atoms with E-state index in [1.165, 1.54) is 0 Å². The third kappa shape index (κ3) is 6.45. The SMILES string of the molecule is COc1ccccc1NC(N)=NCc1cccc(COc2ccccc2)c1.I. The number of nitrogens with two attached hydrogens (primary N) is 1. The first-order chi connectivity index (χ1) is 13.2. The van der Waals surface area contributed by atoms with Gasteiger partial charge in [0.05, 0.1) is 19.3 Å². The van der Waals surface area contributed by atoms with Gasteiger partial charge in [-0.25, -0.2) is 4.99 Å². The number of nitrogens with zero attached hydrogens (tertiary/aromatic N) is 1. The first kappa shape index (κ1) is 21.6. The van der Waals surface area contributed by atoms with Crippen molar-refractivity contribution in [3.05, 3.63) is 90.0 Å². The monoisotopic (exact) mass is 489 g/mol. The van der Waals surface area contributed by atoms with Crippen molar-refractivity contribution in [2.24, 2.45) is 10.7 Å². The Bertz CT molecular complexity index is 901. The summed E-state index contributed by atoms with van der Waals surface area (Å²) >= 11 is 0. The van der Waals surface area contributed by atoms with Crippen LogP contribution in [0.25, 0.3) is 0 Å². The highest BCUT2D eigenvalue weighted by molar-refractivity contribution is 14.0. The quantitative estimate of drug-likeness (QED) is 0.284. The Kier molecular flexibility index (Phi) is 8.61. The molecule has 3 aromatic rings. The minimum atomic E-state index is 0. The van der Waals surface area contributed by atoms with Gasteiger partial charge in [0, 0.05) is 0 Å². The van der Waals surface area contributed by atoms with Crippen molar-refractivity contribution < 1.29 is 9.47 Å². The second kappa shape index (κ2) is 11.2. The molecular formula is C22H24IN3O2. The zero-order valence-corrected chi connectivity index (χ0v) is 18.0. The van der Waals surface area contributed by atoms with E-state index >= 15 is 0 Å². The molecule has 0 aliphatic heterocycles. The van der Waals surface area contributed by atoms with E-state index in [1.807, 2.05) is 72.8 Å². The number of para-hydroxylation sites is 3. The van der Waals surface area contributed by atoms with Crippen LogP contribution in [-0.4, -0.2) is 13.1 Å². The first-order valence-electron chi connectivity index (χ1n) is 8.70. The molecule has 3 aromatic carbocycles. The molecule has 0 radical (unpaired) electrons.